The normalized spacial score (nSPS) is 13.0. The first kappa shape index (κ1) is 24.3. The smallest absolute Gasteiger partial charge is 0.417 e. The Hall–Kier alpha value is -3.33. The molecule has 3 aromatic rings. The third-order valence-corrected chi connectivity index (χ3v) is 6.48. The van der Waals surface area contributed by atoms with Crippen LogP contribution in [0.15, 0.2) is 73.3 Å². The molecule has 8 nitrogen and oxygen atoms in total. The number of nitrogens with zero attached hydrogens (tertiary/aromatic N) is 2. The summed E-state index contributed by atoms with van der Waals surface area (Å²) in [6.07, 6.45) is 1.52. The van der Waals surface area contributed by atoms with Crippen molar-refractivity contribution in [3.8, 4) is 16.9 Å². The number of imide groups is 1. The van der Waals surface area contributed by atoms with Crippen LogP contribution in [0.1, 0.15) is 20.1 Å². The Labute approximate surface area is 201 Å². The first-order chi connectivity index (χ1) is 15.8. The lowest BCUT2D eigenvalue weighted by Crippen LogP contribution is -2.46. The van der Waals surface area contributed by atoms with Crippen LogP contribution in [-0.2, 0) is 9.47 Å². The minimum atomic E-state index is -0.936. The summed E-state index contributed by atoms with van der Waals surface area (Å²) in [5.74, 6) is 0.584. The molecule has 0 saturated carbocycles. The van der Waals surface area contributed by atoms with Gasteiger partial charge in [0.2, 0.25) is 6.23 Å². The highest BCUT2D eigenvalue weighted by Gasteiger charge is 2.41. The molecule has 1 heterocycles. The van der Waals surface area contributed by atoms with Crippen LogP contribution in [0.3, 0.4) is 0 Å². The molecule has 2 atom stereocenters. The lowest BCUT2D eigenvalue weighted by molar-refractivity contribution is -0.0720. The van der Waals surface area contributed by atoms with Gasteiger partial charge in [0.1, 0.15) is 5.75 Å². The Balaban J connectivity index is 1.89. The van der Waals surface area contributed by atoms with Crippen LogP contribution in [0.25, 0.3) is 11.1 Å². The van der Waals surface area contributed by atoms with Crippen molar-refractivity contribution in [2.75, 3.05) is 12.4 Å². The highest BCUT2D eigenvalue weighted by molar-refractivity contribution is 9.09. The predicted octanol–water partition coefficient (Wildman–Crippen LogP) is 5.41. The van der Waals surface area contributed by atoms with E-state index in [2.05, 4.69) is 25.7 Å². The van der Waals surface area contributed by atoms with E-state index in [0.717, 1.165) is 11.1 Å². The molecule has 0 saturated heterocycles. The molecular weight excluding hydrogens is 490 g/mol. The lowest BCUT2D eigenvalue weighted by atomic mass is 9.87. The maximum absolute atomic E-state index is 12.4. The Morgan fingerprint density at radius 2 is 1.73 bits per heavy atom. The SMILES string of the molecule is COC(=O)NC(=O)OC(C(Oc1ccc(-c2ccccc2)cc1)n1ccnc1)C(C)(C)CBr. The van der Waals surface area contributed by atoms with E-state index in [4.69, 9.17) is 9.47 Å². The number of halogens is 1. The van der Waals surface area contributed by atoms with Crippen LogP contribution in [-0.4, -0.2) is 40.3 Å². The van der Waals surface area contributed by atoms with E-state index in [1.807, 2.05) is 73.8 Å². The topological polar surface area (TPSA) is 91.7 Å². The second kappa shape index (κ2) is 11.0. The number of ether oxygens (including phenoxy) is 3. The molecule has 2 aromatic carbocycles. The van der Waals surface area contributed by atoms with E-state index in [1.54, 1.807) is 23.3 Å². The Morgan fingerprint density at radius 3 is 2.30 bits per heavy atom. The molecule has 9 heteroatoms. The molecular formula is C24H26BrN3O5. The summed E-state index contributed by atoms with van der Waals surface area (Å²) >= 11 is 3.49. The van der Waals surface area contributed by atoms with Gasteiger partial charge in [-0.1, -0.05) is 72.2 Å². The van der Waals surface area contributed by atoms with Gasteiger partial charge in [-0.2, -0.15) is 0 Å². The molecule has 2 amide bonds. The van der Waals surface area contributed by atoms with Crippen LogP contribution in [0.4, 0.5) is 9.59 Å². The number of hydrogen-bond acceptors (Lipinski definition) is 6. The summed E-state index contributed by atoms with van der Waals surface area (Å²) in [5, 5.41) is 2.53. The van der Waals surface area contributed by atoms with E-state index >= 15 is 0 Å². The number of rotatable bonds is 8. The minimum Gasteiger partial charge on any atom is -0.466 e. The average molecular weight is 516 g/mol. The molecule has 0 radical (unpaired) electrons. The van der Waals surface area contributed by atoms with Gasteiger partial charge in [0.25, 0.3) is 0 Å². The highest BCUT2D eigenvalue weighted by Crippen LogP contribution is 2.35. The second-order valence-corrected chi connectivity index (χ2v) is 8.53. The number of benzene rings is 2. The average Bonchev–Trinajstić information content (AvgIpc) is 3.37. The molecule has 0 fully saturated rings. The summed E-state index contributed by atoms with van der Waals surface area (Å²) < 4.78 is 18.2. The maximum atomic E-state index is 12.4. The minimum absolute atomic E-state index is 0.498. The summed E-state index contributed by atoms with van der Waals surface area (Å²) in [6.45, 7) is 3.84. The van der Waals surface area contributed by atoms with Crippen LogP contribution in [0.5, 0.6) is 5.75 Å². The van der Waals surface area contributed by atoms with E-state index in [9.17, 15) is 9.59 Å². The summed E-state index contributed by atoms with van der Waals surface area (Å²) in [5.41, 5.74) is 1.57. The van der Waals surface area contributed by atoms with Gasteiger partial charge < -0.3 is 14.2 Å². The number of carbonyl (C=O) groups excluding carboxylic acids is 2. The molecule has 174 valence electrons. The van der Waals surface area contributed by atoms with Gasteiger partial charge in [-0.3, -0.25) is 4.57 Å². The van der Waals surface area contributed by atoms with Gasteiger partial charge in [0.15, 0.2) is 6.10 Å². The number of nitrogens with one attached hydrogen (secondary N) is 1. The number of methoxy groups -OCH3 is 1. The number of amides is 2. The summed E-state index contributed by atoms with van der Waals surface area (Å²) in [7, 11) is 1.17. The quantitative estimate of drug-likeness (QED) is 0.403. The van der Waals surface area contributed by atoms with E-state index in [-0.39, 0.29) is 0 Å². The second-order valence-electron chi connectivity index (χ2n) is 7.97. The predicted molar refractivity (Wildman–Crippen MR) is 127 cm³/mol. The molecule has 3 rings (SSSR count). The van der Waals surface area contributed by atoms with Crippen LogP contribution in [0, 0.1) is 5.41 Å². The fourth-order valence-corrected chi connectivity index (χ4v) is 3.47. The molecule has 0 aliphatic rings. The fraction of sp³-hybridized carbons (Fsp3) is 0.292. The number of hydrogen-bond donors (Lipinski definition) is 1. The monoisotopic (exact) mass is 515 g/mol. The van der Waals surface area contributed by atoms with Gasteiger partial charge in [-0.05, 0) is 23.3 Å². The van der Waals surface area contributed by atoms with Gasteiger partial charge in [-0.15, -0.1) is 0 Å². The number of carbonyl (C=O) groups is 2. The van der Waals surface area contributed by atoms with Gasteiger partial charge in [0.05, 0.1) is 13.4 Å². The highest BCUT2D eigenvalue weighted by atomic mass is 79.9. The molecule has 1 aromatic heterocycles. The molecule has 0 aliphatic carbocycles. The molecule has 0 aliphatic heterocycles. The first-order valence-electron chi connectivity index (χ1n) is 10.2. The standard InChI is InChI=1S/C24H26BrN3O5/c1-24(2,15-25)20(33-23(30)27-22(29)31-3)21(28-14-13-26-16-28)32-19-11-9-18(10-12-19)17-7-5-4-6-8-17/h4-14,16,20-21H,15H2,1-3H3,(H,27,29,30). The number of alkyl halides is 1. The summed E-state index contributed by atoms with van der Waals surface area (Å²) in [4.78, 5) is 28.0. The van der Waals surface area contributed by atoms with Crippen LogP contribution < -0.4 is 10.1 Å². The fourth-order valence-electron chi connectivity index (χ4n) is 3.15. The van der Waals surface area contributed by atoms with Gasteiger partial charge >= 0.3 is 12.2 Å². The van der Waals surface area contributed by atoms with Crippen LogP contribution in [0.2, 0.25) is 0 Å². The van der Waals surface area contributed by atoms with E-state index in [1.165, 1.54) is 7.11 Å². The van der Waals surface area contributed by atoms with Crippen molar-refractivity contribution < 1.29 is 23.8 Å². The third-order valence-electron chi connectivity index (χ3n) is 5.03. The number of aromatic nitrogens is 2. The van der Waals surface area contributed by atoms with Gasteiger partial charge in [0, 0.05) is 23.1 Å². The maximum Gasteiger partial charge on any atom is 0.417 e. The molecule has 2 unspecified atom stereocenters. The number of alkyl carbamates (subject to hydrolysis) is 2. The van der Waals surface area contributed by atoms with Crippen molar-refractivity contribution in [3.05, 3.63) is 73.3 Å². The zero-order chi connectivity index (χ0) is 23.8. The van der Waals surface area contributed by atoms with Crippen molar-refractivity contribution >= 4 is 28.1 Å². The van der Waals surface area contributed by atoms with Crippen molar-refractivity contribution in [1.82, 2.24) is 14.9 Å². The molecule has 33 heavy (non-hydrogen) atoms. The molecule has 0 bridgehead atoms. The lowest BCUT2D eigenvalue weighted by Gasteiger charge is -2.37. The molecule has 0 spiro atoms. The number of imidazole rings is 1. The zero-order valence-electron chi connectivity index (χ0n) is 18.6. The zero-order valence-corrected chi connectivity index (χ0v) is 20.2. The van der Waals surface area contributed by atoms with Crippen molar-refractivity contribution in [2.45, 2.75) is 26.2 Å². The van der Waals surface area contributed by atoms with Crippen molar-refractivity contribution in [3.63, 3.8) is 0 Å². The van der Waals surface area contributed by atoms with Gasteiger partial charge in [-0.25, -0.2) is 19.9 Å². The Kier molecular flexibility index (Phi) is 8.11. The van der Waals surface area contributed by atoms with Crippen molar-refractivity contribution in [2.24, 2.45) is 5.41 Å². The van der Waals surface area contributed by atoms with E-state index in [0.29, 0.717) is 11.1 Å². The summed E-state index contributed by atoms with van der Waals surface area (Å²) in [6, 6.07) is 17.7. The Bertz CT molecular complexity index is 1040. The Morgan fingerprint density at radius 1 is 1.06 bits per heavy atom. The van der Waals surface area contributed by atoms with E-state index < -0.39 is 29.9 Å². The van der Waals surface area contributed by atoms with Crippen molar-refractivity contribution in [1.29, 1.82) is 0 Å². The largest absolute Gasteiger partial charge is 0.466 e. The van der Waals surface area contributed by atoms with Crippen LogP contribution >= 0.6 is 15.9 Å². The first-order valence-corrected chi connectivity index (χ1v) is 11.4. The third kappa shape index (κ3) is 6.35. The molecule has 1 N–H and O–H groups in total.